The van der Waals surface area contributed by atoms with E-state index in [0.29, 0.717) is 17.9 Å². The first-order valence-electron chi connectivity index (χ1n) is 7.70. The summed E-state index contributed by atoms with van der Waals surface area (Å²) in [7, 11) is 0. The number of rotatable bonds is 5. The summed E-state index contributed by atoms with van der Waals surface area (Å²) in [4.78, 5) is 13.9. The zero-order valence-electron chi connectivity index (χ0n) is 12.7. The molecule has 0 saturated carbocycles. The highest BCUT2D eigenvalue weighted by molar-refractivity contribution is 5.86. The third-order valence-corrected chi connectivity index (χ3v) is 4.04. The zero-order valence-corrected chi connectivity index (χ0v) is 12.7. The molecule has 1 N–H and O–H groups in total. The summed E-state index contributed by atoms with van der Waals surface area (Å²) in [5, 5.41) is 10.9. The van der Waals surface area contributed by atoms with Gasteiger partial charge in [-0.25, -0.2) is 4.79 Å². The fourth-order valence-electron chi connectivity index (χ4n) is 2.97. The van der Waals surface area contributed by atoms with Gasteiger partial charge in [0.25, 0.3) is 0 Å². The molecular weight excluding hydrogens is 282 g/mol. The zero-order chi connectivity index (χ0) is 15.5. The molecule has 0 radical (unpaired) electrons. The lowest BCUT2D eigenvalue weighted by Gasteiger charge is -2.20. The minimum Gasteiger partial charge on any atom is -0.490 e. The molecule has 2 heterocycles. The van der Waals surface area contributed by atoms with Crippen LogP contribution in [0.4, 0.5) is 0 Å². The van der Waals surface area contributed by atoms with Crippen molar-refractivity contribution in [3.05, 3.63) is 40.2 Å². The Kier molecular flexibility index (Phi) is 4.45. The molecule has 3 rings (SSSR count). The minimum absolute atomic E-state index is 0.170. The van der Waals surface area contributed by atoms with Crippen LogP contribution >= 0.6 is 0 Å². The predicted molar refractivity (Wildman–Crippen MR) is 84.4 cm³/mol. The maximum absolute atomic E-state index is 11.6. The Morgan fingerprint density at radius 3 is 2.91 bits per heavy atom. The van der Waals surface area contributed by atoms with E-state index in [2.05, 4.69) is 4.90 Å². The lowest BCUT2D eigenvalue weighted by molar-refractivity contribution is 0.0762. The first-order chi connectivity index (χ1) is 10.6. The number of fused-ring (bicyclic) bond motifs is 1. The standard InChI is InChI=1S/C17H21NO4/c1-12-5-4-6-14-17(12)15(9-16(20)22-14)21-11-13(19)10-18-7-2-3-8-18/h4-6,9,13,19H,2-3,7-8,10-11H2,1H3. The Bertz CT molecular complexity index is 703. The summed E-state index contributed by atoms with van der Waals surface area (Å²) in [6.07, 6.45) is 1.82. The fourth-order valence-corrected chi connectivity index (χ4v) is 2.97. The maximum atomic E-state index is 11.6. The number of benzene rings is 1. The molecule has 5 nitrogen and oxygen atoms in total. The van der Waals surface area contributed by atoms with Crippen molar-refractivity contribution in [3.8, 4) is 5.75 Å². The van der Waals surface area contributed by atoms with E-state index >= 15 is 0 Å². The number of hydrogen-bond donors (Lipinski definition) is 1. The normalized spacial score (nSPS) is 17.0. The summed E-state index contributed by atoms with van der Waals surface area (Å²) < 4.78 is 10.9. The first-order valence-corrected chi connectivity index (χ1v) is 7.70. The highest BCUT2D eigenvalue weighted by atomic mass is 16.5. The van der Waals surface area contributed by atoms with E-state index in [4.69, 9.17) is 9.15 Å². The quantitative estimate of drug-likeness (QED) is 0.855. The molecule has 1 aromatic carbocycles. The van der Waals surface area contributed by atoms with Crippen molar-refractivity contribution in [1.82, 2.24) is 4.90 Å². The molecule has 1 unspecified atom stereocenters. The smallest absolute Gasteiger partial charge is 0.339 e. The Morgan fingerprint density at radius 1 is 1.36 bits per heavy atom. The van der Waals surface area contributed by atoms with Crippen LogP contribution in [-0.4, -0.2) is 42.4 Å². The molecular formula is C17H21NO4. The molecule has 1 atom stereocenters. The second kappa shape index (κ2) is 6.50. The Morgan fingerprint density at radius 2 is 2.14 bits per heavy atom. The highest BCUT2D eigenvalue weighted by Crippen LogP contribution is 2.27. The predicted octanol–water partition coefficient (Wildman–Crippen LogP) is 1.94. The Hall–Kier alpha value is -1.85. The summed E-state index contributed by atoms with van der Waals surface area (Å²) in [6.45, 7) is 4.79. The van der Waals surface area contributed by atoms with Gasteiger partial charge in [0.2, 0.25) is 0 Å². The lowest BCUT2D eigenvalue weighted by Crippen LogP contribution is -2.33. The molecule has 1 aromatic heterocycles. The average Bonchev–Trinajstić information content (AvgIpc) is 2.97. The van der Waals surface area contributed by atoms with Crippen LogP contribution in [0.15, 0.2) is 33.5 Å². The third kappa shape index (κ3) is 3.31. The molecule has 1 aliphatic rings. The minimum atomic E-state index is -0.565. The van der Waals surface area contributed by atoms with Gasteiger partial charge < -0.3 is 19.2 Å². The van der Waals surface area contributed by atoms with Gasteiger partial charge in [0, 0.05) is 6.54 Å². The molecule has 0 bridgehead atoms. The van der Waals surface area contributed by atoms with Crippen LogP contribution in [0.2, 0.25) is 0 Å². The van der Waals surface area contributed by atoms with Crippen molar-refractivity contribution in [2.24, 2.45) is 0 Å². The van der Waals surface area contributed by atoms with Gasteiger partial charge in [-0.1, -0.05) is 12.1 Å². The van der Waals surface area contributed by atoms with E-state index < -0.39 is 11.7 Å². The Balaban J connectivity index is 1.74. The van der Waals surface area contributed by atoms with E-state index in [9.17, 15) is 9.90 Å². The molecule has 1 fully saturated rings. The number of aryl methyl sites for hydroxylation is 1. The third-order valence-electron chi connectivity index (χ3n) is 4.04. The molecule has 1 saturated heterocycles. The molecule has 1 aliphatic heterocycles. The van der Waals surface area contributed by atoms with Crippen LogP contribution in [-0.2, 0) is 0 Å². The number of nitrogens with zero attached hydrogens (tertiary/aromatic N) is 1. The van der Waals surface area contributed by atoms with Crippen LogP contribution in [0.5, 0.6) is 5.75 Å². The molecule has 0 amide bonds. The molecule has 118 valence electrons. The summed E-state index contributed by atoms with van der Waals surface area (Å²) >= 11 is 0. The first kappa shape index (κ1) is 15.1. The fraction of sp³-hybridized carbons (Fsp3) is 0.471. The number of likely N-dealkylation sites (tertiary alicyclic amines) is 1. The Labute approximate surface area is 129 Å². The van der Waals surface area contributed by atoms with Gasteiger partial charge in [-0.2, -0.15) is 0 Å². The highest BCUT2D eigenvalue weighted by Gasteiger charge is 2.17. The van der Waals surface area contributed by atoms with Gasteiger partial charge in [0.15, 0.2) is 0 Å². The van der Waals surface area contributed by atoms with Crippen molar-refractivity contribution >= 4 is 11.0 Å². The SMILES string of the molecule is Cc1cccc2oc(=O)cc(OCC(O)CN3CCCC3)c12. The van der Waals surface area contributed by atoms with Gasteiger partial charge in [0.1, 0.15) is 24.0 Å². The van der Waals surface area contributed by atoms with E-state index in [0.717, 1.165) is 24.0 Å². The van der Waals surface area contributed by atoms with Gasteiger partial charge >= 0.3 is 5.63 Å². The van der Waals surface area contributed by atoms with E-state index in [1.807, 2.05) is 19.1 Å². The van der Waals surface area contributed by atoms with Crippen molar-refractivity contribution in [2.45, 2.75) is 25.9 Å². The molecule has 2 aromatic rings. The number of ether oxygens (including phenoxy) is 1. The summed E-state index contributed by atoms with van der Waals surface area (Å²) in [5.41, 5.74) is 1.05. The van der Waals surface area contributed by atoms with Crippen molar-refractivity contribution < 1.29 is 14.3 Å². The van der Waals surface area contributed by atoms with Crippen LogP contribution in [0.1, 0.15) is 18.4 Å². The number of β-amino-alcohol motifs (C(OH)–C–C–N with tert-alkyl or cyclic N) is 1. The largest absolute Gasteiger partial charge is 0.490 e. The van der Waals surface area contributed by atoms with Crippen LogP contribution in [0.25, 0.3) is 11.0 Å². The van der Waals surface area contributed by atoms with Crippen LogP contribution < -0.4 is 10.4 Å². The number of hydrogen-bond acceptors (Lipinski definition) is 5. The lowest BCUT2D eigenvalue weighted by atomic mass is 10.1. The molecule has 0 spiro atoms. The van der Waals surface area contributed by atoms with Crippen LogP contribution in [0.3, 0.4) is 0 Å². The number of aliphatic hydroxyl groups is 1. The molecule has 22 heavy (non-hydrogen) atoms. The number of aliphatic hydroxyl groups excluding tert-OH is 1. The van der Waals surface area contributed by atoms with Crippen molar-refractivity contribution in [2.75, 3.05) is 26.2 Å². The van der Waals surface area contributed by atoms with Gasteiger partial charge in [-0.3, -0.25) is 0 Å². The van der Waals surface area contributed by atoms with E-state index in [1.54, 1.807) is 6.07 Å². The second-order valence-corrected chi connectivity index (χ2v) is 5.85. The second-order valence-electron chi connectivity index (χ2n) is 5.85. The summed E-state index contributed by atoms with van der Waals surface area (Å²) in [6, 6.07) is 6.87. The summed E-state index contributed by atoms with van der Waals surface area (Å²) in [5.74, 6) is 0.477. The van der Waals surface area contributed by atoms with Crippen molar-refractivity contribution in [1.29, 1.82) is 0 Å². The molecule has 0 aliphatic carbocycles. The van der Waals surface area contributed by atoms with E-state index in [1.165, 1.54) is 18.9 Å². The molecule has 5 heteroatoms. The topological polar surface area (TPSA) is 62.9 Å². The maximum Gasteiger partial charge on any atom is 0.339 e. The van der Waals surface area contributed by atoms with Gasteiger partial charge in [-0.15, -0.1) is 0 Å². The van der Waals surface area contributed by atoms with Gasteiger partial charge in [0.05, 0.1) is 11.5 Å². The van der Waals surface area contributed by atoms with Gasteiger partial charge in [-0.05, 0) is 44.5 Å². The van der Waals surface area contributed by atoms with Crippen molar-refractivity contribution in [3.63, 3.8) is 0 Å². The van der Waals surface area contributed by atoms with E-state index in [-0.39, 0.29) is 6.61 Å². The average molecular weight is 303 g/mol. The monoisotopic (exact) mass is 303 g/mol. The van der Waals surface area contributed by atoms with Crippen LogP contribution in [0, 0.1) is 6.92 Å².